The largest absolute Gasteiger partial charge is 0.493 e. The molecule has 0 heterocycles. The molecule has 0 aliphatic carbocycles. The first-order valence-electron chi connectivity index (χ1n) is 9.16. The second kappa shape index (κ2) is 11.2. The maximum Gasteiger partial charge on any atom is 0.276 e. The van der Waals surface area contributed by atoms with Gasteiger partial charge in [-0.15, -0.1) is 0 Å². The van der Waals surface area contributed by atoms with Crippen LogP contribution in [0, 0.1) is 12.8 Å². The highest BCUT2D eigenvalue weighted by atomic mass is 79.9. The molecule has 8 heteroatoms. The summed E-state index contributed by atoms with van der Waals surface area (Å²) >= 11 is 6.76. The molecule has 29 heavy (non-hydrogen) atoms. The maximum absolute atomic E-state index is 12.5. The lowest BCUT2D eigenvalue weighted by Crippen LogP contribution is -2.44. The summed E-state index contributed by atoms with van der Waals surface area (Å²) in [6, 6.07) is 10.6. The van der Waals surface area contributed by atoms with Crippen LogP contribution in [-0.4, -0.2) is 25.0 Å². The van der Waals surface area contributed by atoms with Crippen molar-refractivity contribution in [3.05, 3.63) is 56.5 Å². The Morgan fingerprint density at radius 1 is 1.03 bits per heavy atom. The van der Waals surface area contributed by atoms with Gasteiger partial charge in [-0.3, -0.25) is 20.4 Å². The summed E-state index contributed by atoms with van der Waals surface area (Å²) in [5.74, 6) is 0.577. The van der Waals surface area contributed by atoms with E-state index in [4.69, 9.17) is 9.47 Å². The Bertz CT molecular complexity index is 872. The smallest absolute Gasteiger partial charge is 0.276 e. The number of ether oxygens (including phenoxy) is 2. The Morgan fingerprint density at radius 3 is 2.48 bits per heavy atom. The number of amides is 2. The molecule has 0 aromatic heterocycles. The van der Waals surface area contributed by atoms with Gasteiger partial charge < -0.3 is 9.47 Å². The Morgan fingerprint density at radius 2 is 1.79 bits per heavy atom. The van der Waals surface area contributed by atoms with Crippen LogP contribution in [0.4, 0.5) is 0 Å². The predicted octanol–water partition coefficient (Wildman–Crippen LogP) is 4.78. The van der Waals surface area contributed by atoms with Crippen molar-refractivity contribution in [2.45, 2.75) is 27.2 Å². The second-order valence-corrected chi connectivity index (χ2v) is 8.64. The zero-order chi connectivity index (χ0) is 21.4. The summed E-state index contributed by atoms with van der Waals surface area (Å²) in [5.41, 5.74) is 6.07. The van der Waals surface area contributed by atoms with Crippen molar-refractivity contribution in [2.24, 2.45) is 5.92 Å². The Balaban J connectivity index is 1.89. The van der Waals surface area contributed by atoms with Crippen molar-refractivity contribution < 1.29 is 19.1 Å². The average molecular weight is 528 g/mol. The van der Waals surface area contributed by atoms with Crippen molar-refractivity contribution in [2.75, 3.05) is 13.2 Å². The number of rotatable bonds is 8. The lowest BCUT2D eigenvalue weighted by molar-refractivity contribution is -0.123. The quantitative estimate of drug-likeness (QED) is 0.484. The van der Waals surface area contributed by atoms with Crippen LogP contribution in [-0.2, 0) is 4.79 Å². The minimum absolute atomic E-state index is 0.225. The van der Waals surface area contributed by atoms with Gasteiger partial charge in [0, 0.05) is 8.95 Å². The molecule has 0 aliphatic heterocycles. The highest BCUT2D eigenvalue weighted by Crippen LogP contribution is 2.24. The van der Waals surface area contributed by atoms with E-state index in [1.165, 1.54) is 0 Å². The van der Waals surface area contributed by atoms with E-state index in [1.807, 2.05) is 19.1 Å². The molecule has 0 saturated carbocycles. The van der Waals surface area contributed by atoms with E-state index >= 15 is 0 Å². The standard InChI is InChI=1S/C21H24Br2N2O4/c1-13(2)8-9-28-19-7-4-15(22)11-17(19)21(27)25-24-20(26)12-29-16-5-6-18(23)14(3)10-16/h4-7,10-11,13H,8-9,12H2,1-3H3,(H,24,26)(H,25,27). The minimum atomic E-state index is -0.476. The topological polar surface area (TPSA) is 76.7 Å². The van der Waals surface area contributed by atoms with Gasteiger partial charge in [-0.05, 0) is 61.2 Å². The first-order valence-corrected chi connectivity index (χ1v) is 10.8. The van der Waals surface area contributed by atoms with Gasteiger partial charge in [-0.25, -0.2) is 0 Å². The second-order valence-electron chi connectivity index (χ2n) is 6.87. The highest BCUT2D eigenvalue weighted by Gasteiger charge is 2.15. The molecule has 2 aromatic rings. The molecule has 0 unspecified atom stereocenters. The van der Waals surface area contributed by atoms with Crippen LogP contribution in [0.3, 0.4) is 0 Å². The van der Waals surface area contributed by atoms with E-state index in [-0.39, 0.29) is 6.61 Å². The monoisotopic (exact) mass is 526 g/mol. The molecule has 0 aliphatic rings. The molecule has 156 valence electrons. The molecular weight excluding hydrogens is 504 g/mol. The van der Waals surface area contributed by atoms with Gasteiger partial charge in [0.05, 0.1) is 12.2 Å². The molecule has 6 nitrogen and oxygen atoms in total. The third-order valence-corrected chi connectivity index (χ3v) is 5.34. The molecule has 2 N–H and O–H groups in total. The van der Waals surface area contributed by atoms with Crippen LogP contribution in [0.5, 0.6) is 11.5 Å². The highest BCUT2D eigenvalue weighted by molar-refractivity contribution is 9.10. The number of carbonyl (C=O) groups is 2. The molecule has 0 spiro atoms. The third-order valence-electron chi connectivity index (χ3n) is 3.95. The maximum atomic E-state index is 12.5. The van der Waals surface area contributed by atoms with E-state index in [1.54, 1.807) is 24.3 Å². The van der Waals surface area contributed by atoms with Crippen LogP contribution in [0.25, 0.3) is 0 Å². The molecule has 0 bridgehead atoms. The molecule has 2 aromatic carbocycles. The molecule has 2 amide bonds. The van der Waals surface area contributed by atoms with Gasteiger partial charge in [0.1, 0.15) is 11.5 Å². The molecule has 2 rings (SSSR count). The lowest BCUT2D eigenvalue weighted by atomic mass is 10.1. The Kier molecular flexibility index (Phi) is 8.98. The zero-order valence-corrected chi connectivity index (χ0v) is 19.7. The first-order chi connectivity index (χ1) is 13.8. The number of halogens is 2. The number of aryl methyl sites for hydroxylation is 1. The van der Waals surface area contributed by atoms with E-state index in [0.29, 0.717) is 29.6 Å². The SMILES string of the molecule is Cc1cc(OCC(=O)NNC(=O)c2cc(Br)ccc2OCCC(C)C)ccc1Br. The van der Waals surface area contributed by atoms with Crippen LogP contribution in [0.1, 0.15) is 36.2 Å². The van der Waals surface area contributed by atoms with E-state index in [9.17, 15) is 9.59 Å². The van der Waals surface area contributed by atoms with Gasteiger partial charge in [-0.1, -0.05) is 45.7 Å². The summed E-state index contributed by atoms with van der Waals surface area (Å²) in [6.45, 7) is 6.41. The van der Waals surface area contributed by atoms with E-state index < -0.39 is 11.8 Å². The molecule has 0 radical (unpaired) electrons. The van der Waals surface area contributed by atoms with Crippen molar-refractivity contribution in [1.29, 1.82) is 0 Å². The van der Waals surface area contributed by atoms with Gasteiger partial charge >= 0.3 is 0 Å². The van der Waals surface area contributed by atoms with Crippen molar-refractivity contribution in [1.82, 2.24) is 10.9 Å². The summed E-state index contributed by atoms with van der Waals surface area (Å²) in [6.07, 6.45) is 0.876. The third kappa shape index (κ3) is 7.70. The zero-order valence-electron chi connectivity index (χ0n) is 16.6. The lowest BCUT2D eigenvalue weighted by Gasteiger charge is -2.14. The minimum Gasteiger partial charge on any atom is -0.493 e. The van der Waals surface area contributed by atoms with Gasteiger partial charge in [0.2, 0.25) is 0 Å². The molecule has 0 saturated heterocycles. The number of carbonyl (C=O) groups excluding carboxylic acids is 2. The molecule has 0 atom stereocenters. The number of nitrogens with one attached hydrogen (secondary N) is 2. The van der Waals surface area contributed by atoms with Crippen LogP contribution in [0.2, 0.25) is 0 Å². The predicted molar refractivity (Wildman–Crippen MR) is 119 cm³/mol. The van der Waals surface area contributed by atoms with Crippen molar-refractivity contribution in [3.63, 3.8) is 0 Å². The molecular formula is C21H24Br2N2O4. The fourth-order valence-electron chi connectivity index (χ4n) is 2.30. The van der Waals surface area contributed by atoms with E-state index in [0.717, 1.165) is 20.9 Å². The fraction of sp³-hybridized carbons (Fsp3) is 0.333. The van der Waals surface area contributed by atoms with Crippen LogP contribution >= 0.6 is 31.9 Å². The number of hydrogen-bond acceptors (Lipinski definition) is 4. The number of hydrazine groups is 1. The first kappa shape index (κ1) is 23.2. The number of benzene rings is 2. The normalized spacial score (nSPS) is 10.6. The van der Waals surface area contributed by atoms with Crippen LogP contribution < -0.4 is 20.3 Å². The van der Waals surface area contributed by atoms with Crippen molar-refractivity contribution >= 4 is 43.7 Å². The average Bonchev–Trinajstić information content (AvgIpc) is 2.67. The van der Waals surface area contributed by atoms with Gasteiger partial charge in [-0.2, -0.15) is 0 Å². The summed E-state index contributed by atoms with van der Waals surface area (Å²) < 4.78 is 12.9. The van der Waals surface area contributed by atoms with Gasteiger partial charge in [0.15, 0.2) is 6.61 Å². The Labute approximate surface area is 187 Å². The fourth-order valence-corrected chi connectivity index (χ4v) is 2.90. The molecule has 0 fully saturated rings. The summed E-state index contributed by atoms with van der Waals surface area (Å²) in [7, 11) is 0. The summed E-state index contributed by atoms with van der Waals surface area (Å²) in [4.78, 5) is 24.5. The van der Waals surface area contributed by atoms with E-state index in [2.05, 4.69) is 56.6 Å². The summed E-state index contributed by atoms with van der Waals surface area (Å²) in [5, 5.41) is 0. The van der Waals surface area contributed by atoms with Crippen LogP contribution in [0.15, 0.2) is 45.3 Å². The van der Waals surface area contributed by atoms with Crippen molar-refractivity contribution in [3.8, 4) is 11.5 Å². The number of hydrogen-bond donors (Lipinski definition) is 2. The Hall–Kier alpha value is -2.06. The van der Waals surface area contributed by atoms with Gasteiger partial charge in [0.25, 0.3) is 11.8 Å².